The van der Waals surface area contributed by atoms with Gasteiger partial charge in [-0.1, -0.05) is 28.1 Å². The van der Waals surface area contributed by atoms with Crippen LogP contribution in [0.3, 0.4) is 0 Å². The van der Waals surface area contributed by atoms with Gasteiger partial charge in [-0.3, -0.25) is 4.40 Å². The number of fused-ring (bicyclic) bond motifs is 1. The summed E-state index contributed by atoms with van der Waals surface area (Å²) in [6.07, 6.45) is 2.02. The first-order valence-corrected chi connectivity index (χ1v) is 8.37. The lowest BCUT2D eigenvalue weighted by Gasteiger charge is -2.12. The summed E-state index contributed by atoms with van der Waals surface area (Å²) in [5.74, 6) is 1.60. The minimum Gasteiger partial charge on any atom is -0.437 e. The Morgan fingerprint density at radius 3 is 2.75 bits per heavy atom. The fourth-order valence-corrected chi connectivity index (χ4v) is 3.43. The van der Waals surface area contributed by atoms with Crippen LogP contribution < -0.4 is 4.74 Å². The van der Waals surface area contributed by atoms with Crippen LogP contribution in [0.4, 0.5) is 0 Å². The molecule has 3 nitrogen and oxygen atoms in total. The van der Waals surface area contributed by atoms with E-state index in [2.05, 4.69) is 58.2 Å². The molecule has 5 heteroatoms. The zero-order valence-electron chi connectivity index (χ0n) is 11.6. The Hall–Kier alpha value is -1.33. The maximum absolute atomic E-state index is 6.13. The molecule has 1 aromatic carbocycles. The number of halogens is 1. The highest BCUT2D eigenvalue weighted by Gasteiger charge is 2.16. The number of hydrogen-bond acceptors (Lipinski definition) is 3. The molecule has 2 aromatic heterocycles. The Bertz CT molecular complexity index is 776. The molecule has 0 aliphatic heterocycles. The third-order valence-corrected chi connectivity index (χ3v) is 4.81. The quantitative estimate of drug-likeness (QED) is 0.620. The average Bonchev–Trinajstić information content (AvgIpc) is 2.99. The molecule has 0 amide bonds. The number of nitrogens with zero attached hydrogens (tertiary/aromatic N) is 2. The van der Waals surface area contributed by atoms with Gasteiger partial charge in [-0.2, -0.15) is 4.98 Å². The van der Waals surface area contributed by atoms with Crippen LogP contribution in [0.5, 0.6) is 11.6 Å². The van der Waals surface area contributed by atoms with Crippen molar-refractivity contribution >= 4 is 32.2 Å². The van der Waals surface area contributed by atoms with Gasteiger partial charge in [-0.25, -0.2) is 0 Å². The van der Waals surface area contributed by atoms with Gasteiger partial charge >= 0.3 is 0 Å². The summed E-state index contributed by atoms with van der Waals surface area (Å²) in [5.41, 5.74) is 4.57. The molecule has 0 atom stereocenters. The van der Waals surface area contributed by atoms with Gasteiger partial charge in [0.2, 0.25) is 5.88 Å². The highest BCUT2D eigenvalue weighted by atomic mass is 79.9. The van der Waals surface area contributed by atoms with E-state index >= 15 is 0 Å². The van der Waals surface area contributed by atoms with Gasteiger partial charge in [0.25, 0.3) is 0 Å². The van der Waals surface area contributed by atoms with E-state index in [1.165, 1.54) is 11.1 Å². The zero-order valence-corrected chi connectivity index (χ0v) is 14.0. The molecule has 3 rings (SSSR count). The van der Waals surface area contributed by atoms with Crippen LogP contribution in [0.2, 0.25) is 0 Å². The van der Waals surface area contributed by atoms with E-state index in [9.17, 15) is 0 Å². The topological polar surface area (TPSA) is 26.5 Å². The summed E-state index contributed by atoms with van der Waals surface area (Å²) in [6, 6.07) is 4.21. The van der Waals surface area contributed by atoms with Crippen molar-refractivity contribution in [2.24, 2.45) is 0 Å². The Morgan fingerprint density at radius 2 is 2.00 bits per heavy atom. The highest BCUT2D eigenvalue weighted by molar-refractivity contribution is 9.08. The van der Waals surface area contributed by atoms with E-state index in [0.29, 0.717) is 11.2 Å². The lowest BCUT2D eigenvalue weighted by Crippen LogP contribution is -1.96. The van der Waals surface area contributed by atoms with Gasteiger partial charge in [0.1, 0.15) is 5.75 Å². The SMILES string of the molecule is Cc1ccc(C)c(Oc2nc3sccn3c2CBr)c1C. The lowest BCUT2D eigenvalue weighted by molar-refractivity contribution is 0.454. The number of thiazole rings is 1. The number of aryl methyl sites for hydroxylation is 2. The van der Waals surface area contributed by atoms with E-state index in [4.69, 9.17) is 4.74 Å². The van der Waals surface area contributed by atoms with E-state index in [0.717, 1.165) is 22.0 Å². The van der Waals surface area contributed by atoms with Crippen molar-refractivity contribution in [2.45, 2.75) is 26.1 Å². The van der Waals surface area contributed by atoms with Crippen LogP contribution in [0, 0.1) is 20.8 Å². The molecule has 0 saturated carbocycles. The Morgan fingerprint density at radius 1 is 1.25 bits per heavy atom. The molecule has 0 unspecified atom stereocenters. The van der Waals surface area contributed by atoms with Gasteiger partial charge in [-0.15, -0.1) is 11.3 Å². The van der Waals surface area contributed by atoms with Crippen LogP contribution in [0.1, 0.15) is 22.4 Å². The number of hydrogen-bond donors (Lipinski definition) is 0. The first kappa shape index (κ1) is 13.6. The van der Waals surface area contributed by atoms with Gasteiger partial charge in [0, 0.05) is 16.9 Å². The fourth-order valence-electron chi connectivity index (χ4n) is 2.20. The second-order valence-corrected chi connectivity index (χ2v) is 6.24. The first-order valence-electron chi connectivity index (χ1n) is 6.37. The van der Waals surface area contributed by atoms with E-state index < -0.39 is 0 Å². The van der Waals surface area contributed by atoms with Crippen molar-refractivity contribution in [1.29, 1.82) is 0 Å². The van der Waals surface area contributed by atoms with Crippen LogP contribution in [-0.4, -0.2) is 9.38 Å². The molecule has 0 aliphatic carbocycles. The molecule has 0 fully saturated rings. The number of benzene rings is 1. The van der Waals surface area contributed by atoms with Crippen molar-refractivity contribution in [3.05, 3.63) is 46.1 Å². The molecule has 104 valence electrons. The highest BCUT2D eigenvalue weighted by Crippen LogP contribution is 2.34. The molecule has 0 aliphatic rings. The molecule has 0 saturated heterocycles. The Labute approximate surface area is 130 Å². The second-order valence-electron chi connectivity index (χ2n) is 4.81. The molecular formula is C15H15BrN2OS. The summed E-state index contributed by atoms with van der Waals surface area (Å²) in [4.78, 5) is 5.54. The Kier molecular flexibility index (Phi) is 3.56. The van der Waals surface area contributed by atoms with Crippen molar-refractivity contribution in [3.63, 3.8) is 0 Å². The predicted octanol–water partition coefficient (Wildman–Crippen LogP) is 5.01. The predicted molar refractivity (Wildman–Crippen MR) is 86.4 cm³/mol. The summed E-state index contributed by atoms with van der Waals surface area (Å²) in [6.45, 7) is 6.25. The second kappa shape index (κ2) is 5.22. The molecular weight excluding hydrogens is 336 g/mol. The average molecular weight is 351 g/mol. The molecule has 0 spiro atoms. The van der Waals surface area contributed by atoms with Gasteiger partial charge in [-0.05, 0) is 37.5 Å². The van der Waals surface area contributed by atoms with E-state index in [-0.39, 0.29) is 0 Å². The van der Waals surface area contributed by atoms with Crippen molar-refractivity contribution in [3.8, 4) is 11.6 Å². The fraction of sp³-hybridized carbons (Fsp3) is 0.267. The van der Waals surface area contributed by atoms with E-state index in [1.54, 1.807) is 11.3 Å². The van der Waals surface area contributed by atoms with Gasteiger partial charge in [0.15, 0.2) is 4.96 Å². The monoisotopic (exact) mass is 350 g/mol. The molecule has 3 aromatic rings. The number of alkyl halides is 1. The number of imidazole rings is 1. The summed E-state index contributed by atoms with van der Waals surface area (Å²) in [7, 11) is 0. The number of ether oxygens (including phenoxy) is 1. The zero-order chi connectivity index (χ0) is 14.3. The normalized spacial score (nSPS) is 11.2. The molecule has 0 N–H and O–H groups in total. The molecule has 0 radical (unpaired) electrons. The van der Waals surface area contributed by atoms with Crippen LogP contribution >= 0.6 is 27.3 Å². The van der Waals surface area contributed by atoms with Gasteiger partial charge < -0.3 is 4.74 Å². The molecule has 2 heterocycles. The standard InChI is InChI=1S/C15H15BrN2OS/c1-9-4-5-10(2)13(11(9)3)19-14-12(8-16)18-6-7-20-15(18)17-14/h4-7H,8H2,1-3H3. The maximum atomic E-state index is 6.13. The molecule has 20 heavy (non-hydrogen) atoms. The maximum Gasteiger partial charge on any atom is 0.243 e. The minimum absolute atomic E-state index is 0.686. The third kappa shape index (κ3) is 2.15. The van der Waals surface area contributed by atoms with Crippen LogP contribution in [0.25, 0.3) is 4.96 Å². The van der Waals surface area contributed by atoms with Crippen LogP contribution in [-0.2, 0) is 5.33 Å². The first-order chi connectivity index (χ1) is 9.61. The van der Waals surface area contributed by atoms with Gasteiger partial charge in [0.05, 0.1) is 5.69 Å². The van der Waals surface area contributed by atoms with Crippen molar-refractivity contribution in [2.75, 3.05) is 0 Å². The summed E-state index contributed by atoms with van der Waals surface area (Å²) < 4.78 is 8.20. The minimum atomic E-state index is 0.686. The largest absolute Gasteiger partial charge is 0.437 e. The van der Waals surface area contributed by atoms with Crippen molar-refractivity contribution < 1.29 is 4.74 Å². The summed E-state index contributed by atoms with van der Waals surface area (Å²) in [5, 5.41) is 2.74. The summed E-state index contributed by atoms with van der Waals surface area (Å²) >= 11 is 5.13. The molecule has 0 bridgehead atoms. The number of rotatable bonds is 3. The smallest absolute Gasteiger partial charge is 0.243 e. The van der Waals surface area contributed by atoms with Crippen LogP contribution in [0.15, 0.2) is 23.7 Å². The number of aromatic nitrogens is 2. The lowest BCUT2D eigenvalue weighted by atomic mass is 10.1. The van der Waals surface area contributed by atoms with Crippen molar-refractivity contribution in [1.82, 2.24) is 9.38 Å². The Balaban J connectivity index is 2.09. The third-order valence-electron chi connectivity index (χ3n) is 3.52. The van der Waals surface area contributed by atoms with E-state index in [1.807, 2.05) is 11.6 Å².